The second kappa shape index (κ2) is 8.82. The summed E-state index contributed by atoms with van der Waals surface area (Å²) in [6.07, 6.45) is 0. The minimum atomic E-state index is -0.113. The summed E-state index contributed by atoms with van der Waals surface area (Å²) in [5.41, 5.74) is 5.19. The predicted molar refractivity (Wildman–Crippen MR) is 113 cm³/mol. The fourth-order valence-corrected chi connectivity index (χ4v) is 3.25. The Hall–Kier alpha value is -3.28. The van der Waals surface area contributed by atoms with Crippen LogP contribution in [0, 0.1) is 20.8 Å². The number of likely N-dealkylation sites (N-methyl/N-ethyl adjacent to an activating group) is 1. The van der Waals surface area contributed by atoms with Gasteiger partial charge in [0.05, 0.1) is 18.5 Å². The monoisotopic (exact) mass is 393 g/mol. The van der Waals surface area contributed by atoms with Crippen LogP contribution in [0.25, 0.3) is 5.69 Å². The van der Waals surface area contributed by atoms with Crippen molar-refractivity contribution in [3.05, 3.63) is 71.0 Å². The summed E-state index contributed by atoms with van der Waals surface area (Å²) < 4.78 is 12.9. The number of carbonyl (C=O) groups excluding carboxylic acids is 1. The zero-order valence-electron chi connectivity index (χ0n) is 17.6. The first-order chi connectivity index (χ1) is 13.9. The van der Waals surface area contributed by atoms with E-state index in [0.29, 0.717) is 18.0 Å². The molecule has 0 saturated carbocycles. The lowest BCUT2D eigenvalue weighted by molar-refractivity contribution is -0.132. The molecule has 3 aromatic rings. The van der Waals surface area contributed by atoms with Crippen molar-refractivity contribution < 1.29 is 14.3 Å². The Kier molecular flexibility index (Phi) is 6.22. The maximum Gasteiger partial charge on any atom is 0.260 e. The second-order valence-corrected chi connectivity index (χ2v) is 7.04. The second-order valence-electron chi connectivity index (χ2n) is 7.04. The van der Waals surface area contributed by atoms with E-state index >= 15 is 0 Å². The molecule has 1 aromatic heterocycles. The first kappa shape index (κ1) is 20.5. The largest absolute Gasteiger partial charge is 0.493 e. The Morgan fingerprint density at radius 2 is 1.69 bits per heavy atom. The normalized spacial score (nSPS) is 10.7. The zero-order valence-corrected chi connectivity index (χ0v) is 17.6. The number of hydrogen-bond donors (Lipinski definition) is 0. The molecule has 0 radical (unpaired) electrons. The van der Waals surface area contributed by atoms with Crippen LogP contribution in [0.15, 0.2) is 48.5 Å². The number of carbonyl (C=O) groups is 1. The van der Waals surface area contributed by atoms with Gasteiger partial charge in [0.2, 0.25) is 0 Å². The highest BCUT2D eigenvalue weighted by molar-refractivity contribution is 5.77. The molecule has 29 heavy (non-hydrogen) atoms. The fourth-order valence-electron chi connectivity index (χ4n) is 3.25. The number of aryl methyl sites for hydroxylation is 2. The Morgan fingerprint density at radius 1 is 1.03 bits per heavy atom. The third kappa shape index (κ3) is 4.42. The molecule has 0 unspecified atom stereocenters. The maximum absolute atomic E-state index is 12.6. The maximum atomic E-state index is 12.6. The first-order valence-electron chi connectivity index (χ1n) is 9.53. The van der Waals surface area contributed by atoms with Gasteiger partial charge in [0.1, 0.15) is 0 Å². The molecule has 1 amide bonds. The Bertz CT molecular complexity index is 1010. The fraction of sp³-hybridized carbons (Fsp3) is 0.304. The molecule has 0 atom stereocenters. The van der Waals surface area contributed by atoms with Crippen LogP contribution in [0.5, 0.6) is 11.5 Å². The molecular weight excluding hydrogens is 366 g/mol. The molecule has 0 spiro atoms. The van der Waals surface area contributed by atoms with Crippen molar-refractivity contribution in [2.24, 2.45) is 0 Å². The molecule has 0 N–H and O–H groups in total. The van der Waals surface area contributed by atoms with Gasteiger partial charge in [-0.05, 0) is 44.5 Å². The highest BCUT2D eigenvalue weighted by Crippen LogP contribution is 2.26. The first-order valence-corrected chi connectivity index (χ1v) is 9.53. The van der Waals surface area contributed by atoms with Gasteiger partial charge in [0, 0.05) is 24.8 Å². The Labute approximate surface area is 171 Å². The van der Waals surface area contributed by atoms with Crippen molar-refractivity contribution in [2.45, 2.75) is 27.3 Å². The van der Waals surface area contributed by atoms with Gasteiger partial charge in [-0.3, -0.25) is 4.79 Å². The van der Waals surface area contributed by atoms with Crippen molar-refractivity contribution in [3.63, 3.8) is 0 Å². The number of benzene rings is 2. The van der Waals surface area contributed by atoms with Gasteiger partial charge in [0.25, 0.3) is 5.91 Å². The van der Waals surface area contributed by atoms with Crippen LogP contribution in [-0.4, -0.2) is 41.4 Å². The van der Waals surface area contributed by atoms with E-state index < -0.39 is 0 Å². The number of rotatable bonds is 7. The summed E-state index contributed by atoms with van der Waals surface area (Å²) in [7, 11) is 3.35. The molecule has 2 aromatic carbocycles. The van der Waals surface area contributed by atoms with E-state index in [1.807, 2.05) is 42.8 Å². The van der Waals surface area contributed by atoms with Gasteiger partial charge < -0.3 is 14.4 Å². The van der Waals surface area contributed by atoms with E-state index in [-0.39, 0.29) is 12.5 Å². The molecule has 0 aliphatic rings. The quantitative estimate of drug-likeness (QED) is 0.612. The van der Waals surface area contributed by atoms with Gasteiger partial charge >= 0.3 is 0 Å². The number of nitrogens with zero attached hydrogens (tertiary/aromatic N) is 3. The van der Waals surface area contributed by atoms with E-state index in [4.69, 9.17) is 14.6 Å². The van der Waals surface area contributed by atoms with Crippen LogP contribution in [0.1, 0.15) is 22.5 Å². The van der Waals surface area contributed by atoms with Crippen molar-refractivity contribution in [1.82, 2.24) is 14.7 Å². The van der Waals surface area contributed by atoms with Crippen LogP contribution in [0.2, 0.25) is 0 Å². The smallest absolute Gasteiger partial charge is 0.260 e. The summed E-state index contributed by atoms with van der Waals surface area (Å²) in [6.45, 7) is 6.49. The summed E-state index contributed by atoms with van der Waals surface area (Å²) >= 11 is 0. The summed E-state index contributed by atoms with van der Waals surface area (Å²) in [5.74, 6) is 1.05. The number of ether oxygens (including phenoxy) is 2. The molecule has 0 saturated heterocycles. The van der Waals surface area contributed by atoms with Gasteiger partial charge in [-0.2, -0.15) is 5.10 Å². The molecule has 0 aliphatic carbocycles. The lowest BCUT2D eigenvalue weighted by atomic mass is 10.1. The van der Waals surface area contributed by atoms with E-state index in [2.05, 4.69) is 19.1 Å². The summed E-state index contributed by atoms with van der Waals surface area (Å²) in [5, 5.41) is 4.70. The predicted octanol–water partition coefficient (Wildman–Crippen LogP) is 3.84. The van der Waals surface area contributed by atoms with Crippen LogP contribution >= 0.6 is 0 Å². The molecule has 0 bridgehead atoms. The van der Waals surface area contributed by atoms with Crippen LogP contribution < -0.4 is 9.47 Å². The highest BCUT2D eigenvalue weighted by atomic mass is 16.5. The van der Waals surface area contributed by atoms with E-state index in [9.17, 15) is 4.79 Å². The lowest BCUT2D eigenvalue weighted by Gasteiger charge is -2.18. The van der Waals surface area contributed by atoms with Crippen molar-refractivity contribution in [3.8, 4) is 17.2 Å². The minimum Gasteiger partial charge on any atom is -0.493 e. The molecule has 6 nitrogen and oxygen atoms in total. The average molecular weight is 393 g/mol. The van der Waals surface area contributed by atoms with Crippen molar-refractivity contribution in [2.75, 3.05) is 20.8 Å². The van der Waals surface area contributed by atoms with Crippen molar-refractivity contribution >= 4 is 5.91 Å². The van der Waals surface area contributed by atoms with Gasteiger partial charge in [-0.1, -0.05) is 30.3 Å². The minimum absolute atomic E-state index is 0.0547. The number of amides is 1. The van der Waals surface area contributed by atoms with E-state index in [0.717, 1.165) is 28.2 Å². The number of aromatic nitrogens is 2. The van der Waals surface area contributed by atoms with Crippen LogP contribution in [-0.2, 0) is 11.3 Å². The molecule has 0 fully saturated rings. The Morgan fingerprint density at radius 3 is 2.38 bits per heavy atom. The van der Waals surface area contributed by atoms with Crippen LogP contribution in [0.4, 0.5) is 0 Å². The lowest BCUT2D eigenvalue weighted by Crippen LogP contribution is -2.31. The topological polar surface area (TPSA) is 56.6 Å². The molecule has 3 rings (SSSR count). The molecular formula is C23H27N3O3. The zero-order chi connectivity index (χ0) is 21.0. The molecule has 152 valence electrons. The third-order valence-corrected chi connectivity index (χ3v) is 5.03. The molecule has 0 aliphatic heterocycles. The number of hydrogen-bond acceptors (Lipinski definition) is 4. The van der Waals surface area contributed by atoms with Crippen molar-refractivity contribution in [1.29, 1.82) is 0 Å². The molecule has 1 heterocycles. The van der Waals surface area contributed by atoms with Crippen LogP contribution in [0.3, 0.4) is 0 Å². The van der Waals surface area contributed by atoms with Gasteiger partial charge in [-0.25, -0.2) is 4.68 Å². The third-order valence-electron chi connectivity index (χ3n) is 5.03. The summed E-state index contributed by atoms with van der Waals surface area (Å²) in [4.78, 5) is 14.3. The van der Waals surface area contributed by atoms with Gasteiger partial charge in [0.15, 0.2) is 18.1 Å². The Balaban J connectivity index is 1.71. The highest BCUT2D eigenvalue weighted by Gasteiger charge is 2.18. The summed E-state index contributed by atoms with van der Waals surface area (Å²) in [6, 6.07) is 15.4. The SMILES string of the molecule is COc1ccccc1OCC(=O)N(C)Cc1c(C)nn(-c2ccccc2C)c1C. The van der Waals surface area contributed by atoms with Gasteiger partial charge in [-0.15, -0.1) is 0 Å². The average Bonchev–Trinajstić information content (AvgIpc) is 3.00. The standard InChI is InChI=1S/C23H27N3O3/c1-16-10-6-7-11-20(16)26-18(3)19(17(2)24-26)14-25(4)23(27)15-29-22-13-9-8-12-21(22)28-5/h6-13H,14-15H2,1-5H3. The number of para-hydroxylation sites is 3. The van der Waals surface area contributed by atoms with E-state index in [1.165, 1.54) is 0 Å². The number of methoxy groups -OCH3 is 1. The molecule has 6 heteroatoms. The van der Waals surface area contributed by atoms with E-state index in [1.54, 1.807) is 31.2 Å².